The lowest BCUT2D eigenvalue weighted by Gasteiger charge is -2.27. The van der Waals surface area contributed by atoms with Crippen LogP contribution in [0.3, 0.4) is 0 Å². The van der Waals surface area contributed by atoms with Crippen LogP contribution in [0.15, 0.2) is 48.5 Å². The lowest BCUT2D eigenvalue weighted by atomic mass is 10.1. The number of nitrogens with zero attached hydrogens (tertiary/aromatic N) is 1. The van der Waals surface area contributed by atoms with Crippen molar-refractivity contribution in [2.45, 2.75) is 32.9 Å². The van der Waals surface area contributed by atoms with Gasteiger partial charge in [0.05, 0.1) is 13.0 Å². The van der Waals surface area contributed by atoms with Crippen molar-refractivity contribution in [1.29, 1.82) is 0 Å². The Hall–Kier alpha value is -2.96. The quantitative estimate of drug-likeness (QED) is 0.337. The van der Waals surface area contributed by atoms with Crippen LogP contribution in [0.2, 0.25) is 10.0 Å². The number of rotatable bonds is 7. The van der Waals surface area contributed by atoms with Gasteiger partial charge in [0.1, 0.15) is 6.61 Å². The molecule has 1 unspecified atom stereocenters. The number of carbonyl (C=O) groups excluding carboxylic acids is 2. The van der Waals surface area contributed by atoms with Gasteiger partial charge in [0.2, 0.25) is 5.78 Å². The summed E-state index contributed by atoms with van der Waals surface area (Å²) in [6, 6.07) is 14.3. The first kappa shape index (κ1) is 23.2. The summed E-state index contributed by atoms with van der Waals surface area (Å²) in [4.78, 5) is 25.0. The van der Waals surface area contributed by atoms with E-state index in [0.717, 1.165) is 17.1 Å². The van der Waals surface area contributed by atoms with E-state index < -0.39 is 5.97 Å². The minimum atomic E-state index is -0.571. The molecular weight excluding hydrogens is 465 g/mol. The molecule has 0 bridgehead atoms. The zero-order valence-electron chi connectivity index (χ0n) is 18.3. The second-order valence-electron chi connectivity index (χ2n) is 7.85. The van der Waals surface area contributed by atoms with Crippen molar-refractivity contribution >= 4 is 35.0 Å². The second kappa shape index (κ2) is 9.89. The summed E-state index contributed by atoms with van der Waals surface area (Å²) in [6.45, 7) is 4.38. The van der Waals surface area contributed by atoms with E-state index in [2.05, 4.69) is 0 Å². The molecule has 1 atom stereocenters. The van der Waals surface area contributed by atoms with Crippen molar-refractivity contribution in [3.8, 4) is 11.5 Å². The highest BCUT2D eigenvalue weighted by Crippen LogP contribution is 2.31. The van der Waals surface area contributed by atoms with Gasteiger partial charge in [0.25, 0.3) is 0 Å². The Balaban J connectivity index is 1.38. The Morgan fingerprint density at radius 3 is 2.48 bits per heavy atom. The van der Waals surface area contributed by atoms with Crippen molar-refractivity contribution in [3.63, 3.8) is 0 Å². The van der Waals surface area contributed by atoms with Crippen LogP contribution in [0.4, 0.5) is 0 Å². The van der Waals surface area contributed by atoms with Crippen molar-refractivity contribution in [1.82, 2.24) is 4.57 Å². The van der Waals surface area contributed by atoms with Crippen LogP contribution >= 0.6 is 23.2 Å². The van der Waals surface area contributed by atoms with E-state index in [-0.39, 0.29) is 24.9 Å². The molecule has 0 saturated carbocycles. The minimum absolute atomic E-state index is 0.106. The maximum Gasteiger partial charge on any atom is 0.310 e. The van der Waals surface area contributed by atoms with Crippen LogP contribution in [0.25, 0.3) is 0 Å². The Bertz CT molecular complexity index is 1180. The molecule has 8 heteroatoms. The average Bonchev–Trinajstić information content (AvgIpc) is 3.08. The van der Waals surface area contributed by atoms with Gasteiger partial charge in [-0.15, -0.1) is 0 Å². The smallest absolute Gasteiger partial charge is 0.310 e. The lowest BCUT2D eigenvalue weighted by Crippen LogP contribution is -2.33. The number of ether oxygens (including phenoxy) is 3. The molecule has 2 aromatic carbocycles. The topological polar surface area (TPSA) is 66.8 Å². The highest BCUT2D eigenvalue weighted by molar-refractivity contribution is 6.36. The summed E-state index contributed by atoms with van der Waals surface area (Å²) in [5.74, 6) is 0.584. The Labute approximate surface area is 202 Å². The third-order valence-electron chi connectivity index (χ3n) is 5.57. The largest absolute Gasteiger partial charge is 0.486 e. The Kier molecular flexibility index (Phi) is 6.96. The monoisotopic (exact) mass is 487 g/mol. The fourth-order valence-corrected chi connectivity index (χ4v) is 4.37. The van der Waals surface area contributed by atoms with Crippen LogP contribution in [-0.2, 0) is 22.5 Å². The Morgan fingerprint density at radius 2 is 1.76 bits per heavy atom. The summed E-state index contributed by atoms with van der Waals surface area (Å²) < 4.78 is 19.1. The number of ketones is 1. The maximum absolute atomic E-state index is 12.8. The molecule has 1 aliphatic heterocycles. The van der Waals surface area contributed by atoms with Crippen LogP contribution in [0.5, 0.6) is 11.5 Å². The number of carbonyl (C=O) groups is 2. The van der Waals surface area contributed by atoms with E-state index >= 15 is 0 Å². The average molecular weight is 488 g/mol. The number of aromatic nitrogens is 1. The summed E-state index contributed by atoms with van der Waals surface area (Å²) in [7, 11) is 0. The maximum atomic E-state index is 12.8. The molecule has 0 amide bonds. The second-order valence-corrected chi connectivity index (χ2v) is 8.67. The van der Waals surface area contributed by atoms with Crippen molar-refractivity contribution in [2.24, 2.45) is 0 Å². The molecule has 172 valence electrons. The Morgan fingerprint density at radius 1 is 1.06 bits per heavy atom. The highest BCUT2D eigenvalue weighted by Gasteiger charge is 2.24. The van der Waals surface area contributed by atoms with Crippen LogP contribution < -0.4 is 9.47 Å². The number of para-hydroxylation sites is 2. The van der Waals surface area contributed by atoms with Crippen LogP contribution in [0.1, 0.15) is 27.3 Å². The fraction of sp³-hybridized carbons (Fsp3) is 0.280. The first-order valence-corrected chi connectivity index (χ1v) is 11.3. The van der Waals surface area contributed by atoms with Gasteiger partial charge in [0, 0.05) is 32.6 Å². The molecule has 1 aromatic heterocycles. The number of hydrogen-bond donors (Lipinski definition) is 0. The zero-order valence-corrected chi connectivity index (χ0v) is 19.8. The number of fused-ring (bicyclic) bond motifs is 1. The number of Topliss-reactive ketones (excluding diaryl/α,β-unsaturated/α-hetero) is 1. The first-order chi connectivity index (χ1) is 15.8. The van der Waals surface area contributed by atoms with Gasteiger partial charge in [-0.1, -0.05) is 41.4 Å². The van der Waals surface area contributed by atoms with E-state index in [1.165, 1.54) is 0 Å². The summed E-state index contributed by atoms with van der Waals surface area (Å²) in [5, 5.41) is 0.761. The minimum Gasteiger partial charge on any atom is -0.486 e. The SMILES string of the molecule is Cc1cc(C(=O)COC(=O)Cc2c(Cl)cccc2Cl)c(C)n1CC1COc2ccccc2O1. The standard InChI is InChI=1S/C25H23Cl2NO5/c1-15-10-18(22(29)14-32-25(30)11-19-20(26)6-5-7-21(19)27)16(2)28(15)12-17-13-31-23-8-3-4-9-24(23)33-17/h3-10,17H,11-14H2,1-2H3. The molecule has 2 heterocycles. The molecular formula is C25H23Cl2NO5. The molecule has 1 aliphatic rings. The molecule has 0 spiro atoms. The van der Waals surface area contributed by atoms with Gasteiger partial charge in [-0.25, -0.2) is 0 Å². The van der Waals surface area contributed by atoms with E-state index in [0.29, 0.717) is 40.1 Å². The van der Waals surface area contributed by atoms with Crippen LogP contribution in [0, 0.1) is 13.8 Å². The predicted octanol–water partition coefficient (Wildman–Crippen LogP) is 5.22. The molecule has 33 heavy (non-hydrogen) atoms. The number of esters is 1. The van der Waals surface area contributed by atoms with Crippen molar-refractivity contribution in [2.75, 3.05) is 13.2 Å². The molecule has 4 rings (SSSR count). The molecule has 0 aliphatic carbocycles. The van der Waals surface area contributed by atoms with E-state index in [1.807, 2.05) is 42.7 Å². The molecule has 0 fully saturated rings. The molecule has 0 saturated heterocycles. The van der Waals surface area contributed by atoms with Crippen LogP contribution in [-0.4, -0.2) is 35.6 Å². The zero-order chi connectivity index (χ0) is 23.5. The van der Waals surface area contributed by atoms with Gasteiger partial charge < -0.3 is 18.8 Å². The van der Waals surface area contributed by atoms with Gasteiger partial charge in [-0.05, 0) is 44.2 Å². The van der Waals surface area contributed by atoms with Gasteiger partial charge >= 0.3 is 5.97 Å². The third-order valence-corrected chi connectivity index (χ3v) is 6.28. The number of hydrogen-bond acceptors (Lipinski definition) is 5. The summed E-state index contributed by atoms with van der Waals surface area (Å²) in [6.07, 6.45) is -0.295. The fourth-order valence-electron chi connectivity index (χ4n) is 3.84. The molecule has 0 radical (unpaired) electrons. The third kappa shape index (κ3) is 5.18. The number of benzene rings is 2. The predicted molar refractivity (Wildman–Crippen MR) is 126 cm³/mol. The summed E-state index contributed by atoms with van der Waals surface area (Å²) >= 11 is 12.2. The number of aryl methyl sites for hydroxylation is 1. The summed E-state index contributed by atoms with van der Waals surface area (Å²) in [5.41, 5.74) is 2.68. The van der Waals surface area contributed by atoms with E-state index in [4.69, 9.17) is 37.4 Å². The molecule has 3 aromatic rings. The normalized spacial score (nSPS) is 14.7. The highest BCUT2D eigenvalue weighted by atomic mass is 35.5. The molecule has 6 nitrogen and oxygen atoms in total. The van der Waals surface area contributed by atoms with Gasteiger partial charge in [0.15, 0.2) is 24.2 Å². The van der Waals surface area contributed by atoms with Gasteiger partial charge in [-0.2, -0.15) is 0 Å². The first-order valence-electron chi connectivity index (χ1n) is 10.5. The van der Waals surface area contributed by atoms with E-state index in [1.54, 1.807) is 24.3 Å². The molecule has 0 N–H and O–H groups in total. The number of halogens is 2. The van der Waals surface area contributed by atoms with Crippen molar-refractivity contribution < 1.29 is 23.8 Å². The lowest BCUT2D eigenvalue weighted by molar-refractivity contribution is -0.141. The van der Waals surface area contributed by atoms with Crippen molar-refractivity contribution in [3.05, 3.63) is 81.1 Å². The van der Waals surface area contributed by atoms with E-state index in [9.17, 15) is 9.59 Å². The van der Waals surface area contributed by atoms with Gasteiger partial charge in [-0.3, -0.25) is 9.59 Å².